The highest BCUT2D eigenvalue weighted by Crippen LogP contribution is 2.18. The number of amides is 1. The molecule has 28 heavy (non-hydrogen) atoms. The van der Waals surface area contributed by atoms with E-state index >= 15 is 0 Å². The third-order valence-corrected chi connectivity index (χ3v) is 4.03. The normalized spacial score (nSPS) is 10.2. The van der Waals surface area contributed by atoms with Gasteiger partial charge in [0.2, 0.25) is 5.91 Å². The third kappa shape index (κ3) is 5.80. The molecule has 8 heteroatoms. The number of rotatable bonds is 8. The summed E-state index contributed by atoms with van der Waals surface area (Å²) in [5.74, 6) is 2.04. The fraction of sp³-hybridized carbons (Fsp3) is 0.250. The molecule has 1 heterocycles. The van der Waals surface area contributed by atoms with E-state index in [1.165, 1.54) is 0 Å². The minimum absolute atomic E-state index is 0. The molecule has 0 bridgehead atoms. The predicted molar refractivity (Wildman–Crippen MR) is 112 cm³/mol. The molecule has 148 valence electrons. The zero-order valence-electron chi connectivity index (χ0n) is 15.6. The summed E-state index contributed by atoms with van der Waals surface area (Å²) < 4.78 is 5.42. The standard InChI is InChI=1S/C20H23N5O2.ClH/c1-2-27-17-10-3-14(4-11-17)5-12-19(26)22-16-8-6-15(7-9-16)20-23-18(13-21)24-25-20;/h3-4,6-11H,2,5,12-13,21H2,1H3,(H,22,26)(H,23,24,25);1H. The summed E-state index contributed by atoms with van der Waals surface area (Å²) in [5.41, 5.74) is 8.23. The van der Waals surface area contributed by atoms with Crippen molar-refractivity contribution < 1.29 is 9.53 Å². The summed E-state index contributed by atoms with van der Waals surface area (Å²) in [6.07, 6.45) is 1.09. The number of aryl methyl sites for hydroxylation is 1. The Morgan fingerprint density at radius 2 is 1.86 bits per heavy atom. The summed E-state index contributed by atoms with van der Waals surface area (Å²) >= 11 is 0. The number of carbonyl (C=O) groups excluding carboxylic acids is 1. The van der Waals surface area contributed by atoms with Crippen molar-refractivity contribution in [2.24, 2.45) is 5.73 Å². The Hall–Kier alpha value is -2.90. The van der Waals surface area contributed by atoms with Crippen molar-refractivity contribution in [1.29, 1.82) is 0 Å². The number of aromatic nitrogens is 3. The van der Waals surface area contributed by atoms with Crippen molar-refractivity contribution in [3.63, 3.8) is 0 Å². The van der Waals surface area contributed by atoms with E-state index in [9.17, 15) is 4.79 Å². The number of anilines is 1. The summed E-state index contributed by atoms with van der Waals surface area (Å²) in [7, 11) is 0. The van der Waals surface area contributed by atoms with Gasteiger partial charge in [0.25, 0.3) is 0 Å². The number of benzene rings is 2. The van der Waals surface area contributed by atoms with Crippen molar-refractivity contribution in [3.8, 4) is 17.1 Å². The van der Waals surface area contributed by atoms with Crippen molar-refractivity contribution in [2.45, 2.75) is 26.3 Å². The van der Waals surface area contributed by atoms with E-state index in [1.54, 1.807) is 0 Å². The maximum Gasteiger partial charge on any atom is 0.224 e. The van der Waals surface area contributed by atoms with Gasteiger partial charge in [-0.25, -0.2) is 4.98 Å². The summed E-state index contributed by atoms with van der Waals surface area (Å²) in [4.78, 5) is 16.5. The molecule has 2 aromatic carbocycles. The molecule has 0 spiro atoms. The maximum atomic E-state index is 12.2. The Labute approximate surface area is 170 Å². The lowest BCUT2D eigenvalue weighted by Crippen LogP contribution is -2.12. The molecule has 0 saturated heterocycles. The molecule has 0 radical (unpaired) electrons. The highest BCUT2D eigenvalue weighted by atomic mass is 35.5. The summed E-state index contributed by atoms with van der Waals surface area (Å²) in [5, 5.41) is 9.80. The number of hydrogen-bond acceptors (Lipinski definition) is 5. The fourth-order valence-electron chi connectivity index (χ4n) is 2.62. The SMILES string of the molecule is CCOc1ccc(CCC(=O)Nc2ccc(-c3n[nH]c(CN)n3)cc2)cc1.Cl. The Kier molecular flexibility index (Phi) is 7.98. The number of nitrogens with zero attached hydrogens (tertiary/aromatic N) is 2. The molecule has 3 rings (SSSR count). The zero-order chi connectivity index (χ0) is 19.1. The minimum atomic E-state index is -0.0278. The van der Waals surface area contributed by atoms with Gasteiger partial charge in [-0.1, -0.05) is 12.1 Å². The second kappa shape index (κ2) is 10.4. The van der Waals surface area contributed by atoms with Gasteiger partial charge in [0.05, 0.1) is 13.2 Å². The molecule has 7 nitrogen and oxygen atoms in total. The van der Waals surface area contributed by atoms with Crippen molar-refractivity contribution in [1.82, 2.24) is 15.2 Å². The first-order valence-corrected chi connectivity index (χ1v) is 8.91. The van der Waals surface area contributed by atoms with Crippen LogP contribution in [0.5, 0.6) is 5.75 Å². The monoisotopic (exact) mass is 401 g/mol. The molecule has 1 aromatic heterocycles. The number of ether oxygens (including phenoxy) is 1. The van der Waals surface area contributed by atoms with Crippen LogP contribution in [0.1, 0.15) is 24.7 Å². The van der Waals surface area contributed by atoms with Crippen LogP contribution in [0.2, 0.25) is 0 Å². The smallest absolute Gasteiger partial charge is 0.224 e. The first-order valence-electron chi connectivity index (χ1n) is 8.91. The number of hydrogen-bond donors (Lipinski definition) is 3. The molecule has 0 aliphatic rings. The highest BCUT2D eigenvalue weighted by Gasteiger charge is 2.07. The van der Waals surface area contributed by atoms with Crippen LogP contribution >= 0.6 is 12.4 Å². The van der Waals surface area contributed by atoms with Gasteiger partial charge >= 0.3 is 0 Å². The van der Waals surface area contributed by atoms with Gasteiger partial charge in [0.1, 0.15) is 11.6 Å². The molecule has 0 unspecified atom stereocenters. The topological polar surface area (TPSA) is 106 Å². The molecule has 3 aromatic rings. The van der Waals surface area contributed by atoms with Gasteiger partial charge in [-0.3, -0.25) is 9.89 Å². The average molecular weight is 402 g/mol. The van der Waals surface area contributed by atoms with Crippen LogP contribution in [-0.4, -0.2) is 27.7 Å². The predicted octanol–water partition coefficient (Wildman–Crippen LogP) is 3.32. The van der Waals surface area contributed by atoms with Crippen LogP contribution in [0.15, 0.2) is 48.5 Å². The number of nitrogens with one attached hydrogen (secondary N) is 2. The van der Waals surface area contributed by atoms with Gasteiger partial charge in [-0.2, -0.15) is 5.10 Å². The third-order valence-electron chi connectivity index (χ3n) is 4.03. The van der Waals surface area contributed by atoms with Crippen LogP contribution in [0, 0.1) is 0 Å². The van der Waals surface area contributed by atoms with Crippen LogP contribution < -0.4 is 15.8 Å². The van der Waals surface area contributed by atoms with E-state index in [4.69, 9.17) is 10.5 Å². The quantitative estimate of drug-likeness (QED) is 0.536. The van der Waals surface area contributed by atoms with Crippen molar-refractivity contribution in [3.05, 3.63) is 59.9 Å². The number of H-pyrrole nitrogens is 1. The van der Waals surface area contributed by atoms with E-state index in [1.807, 2.05) is 55.5 Å². The van der Waals surface area contributed by atoms with E-state index in [0.717, 1.165) is 22.6 Å². The van der Waals surface area contributed by atoms with E-state index in [-0.39, 0.29) is 18.3 Å². The van der Waals surface area contributed by atoms with Crippen LogP contribution in [-0.2, 0) is 17.8 Å². The van der Waals surface area contributed by atoms with E-state index < -0.39 is 0 Å². The highest BCUT2D eigenvalue weighted by molar-refractivity contribution is 5.91. The van der Waals surface area contributed by atoms with Gasteiger partial charge in [0, 0.05) is 17.7 Å². The second-order valence-electron chi connectivity index (χ2n) is 6.01. The lowest BCUT2D eigenvalue weighted by molar-refractivity contribution is -0.116. The molecule has 0 aliphatic heterocycles. The van der Waals surface area contributed by atoms with Crippen LogP contribution in [0.3, 0.4) is 0 Å². The van der Waals surface area contributed by atoms with E-state index in [2.05, 4.69) is 20.5 Å². The van der Waals surface area contributed by atoms with Gasteiger partial charge in [-0.15, -0.1) is 12.4 Å². The van der Waals surface area contributed by atoms with Crippen molar-refractivity contribution >= 4 is 24.0 Å². The molecule has 4 N–H and O–H groups in total. The van der Waals surface area contributed by atoms with Gasteiger partial charge in [0.15, 0.2) is 5.82 Å². The second-order valence-corrected chi connectivity index (χ2v) is 6.01. The fourth-order valence-corrected chi connectivity index (χ4v) is 2.62. The largest absolute Gasteiger partial charge is 0.494 e. The Morgan fingerprint density at radius 3 is 2.46 bits per heavy atom. The van der Waals surface area contributed by atoms with Gasteiger partial charge in [-0.05, 0) is 55.3 Å². The molecule has 0 saturated carbocycles. The zero-order valence-corrected chi connectivity index (χ0v) is 16.5. The Morgan fingerprint density at radius 1 is 1.14 bits per heavy atom. The molecule has 0 aliphatic carbocycles. The number of carbonyl (C=O) groups is 1. The molecular weight excluding hydrogens is 378 g/mol. The molecular formula is C20H24ClN5O2. The van der Waals surface area contributed by atoms with Crippen molar-refractivity contribution in [2.75, 3.05) is 11.9 Å². The first kappa shape index (κ1) is 21.4. The lowest BCUT2D eigenvalue weighted by Gasteiger charge is -2.07. The lowest BCUT2D eigenvalue weighted by atomic mass is 10.1. The summed E-state index contributed by atoms with van der Waals surface area (Å²) in [6, 6.07) is 15.2. The molecule has 1 amide bonds. The molecule has 0 atom stereocenters. The minimum Gasteiger partial charge on any atom is -0.494 e. The average Bonchev–Trinajstić information content (AvgIpc) is 3.18. The van der Waals surface area contributed by atoms with Crippen LogP contribution in [0.4, 0.5) is 5.69 Å². The first-order chi connectivity index (χ1) is 13.2. The molecule has 0 fully saturated rings. The number of nitrogens with two attached hydrogens (primary N) is 1. The number of halogens is 1. The number of aromatic amines is 1. The summed E-state index contributed by atoms with van der Waals surface area (Å²) in [6.45, 7) is 2.91. The van der Waals surface area contributed by atoms with E-state index in [0.29, 0.717) is 37.6 Å². The maximum absolute atomic E-state index is 12.2. The Bertz CT molecular complexity index is 878. The van der Waals surface area contributed by atoms with Gasteiger partial charge < -0.3 is 15.8 Å². The van der Waals surface area contributed by atoms with Crippen LogP contribution in [0.25, 0.3) is 11.4 Å². The Balaban J connectivity index is 0.00000280.